The minimum absolute atomic E-state index is 0.0174. The average molecular weight is 1210 g/mol. The highest BCUT2D eigenvalue weighted by Gasteiger charge is 2.50. The number of rotatable bonds is 26. The Balaban J connectivity index is 0.000000202. The molecule has 82 heavy (non-hydrogen) atoms. The normalized spacial score (nSPS) is 16.0. The van der Waals surface area contributed by atoms with Gasteiger partial charge in [0.15, 0.2) is 6.29 Å². The van der Waals surface area contributed by atoms with Gasteiger partial charge in [0.25, 0.3) is 0 Å². The van der Waals surface area contributed by atoms with Crippen LogP contribution in [0.4, 0.5) is 26.3 Å². The van der Waals surface area contributed by atoms with Crippen molar-refractivity contribution in [3.05, 3.63) is 139 Å². The molecule has 0 saturated carbocycles. The zero-order valence-electron chi connectivity index (χ0n) is 48.1. The molecule has 4 heterocycles. The van der Waals surface area contributed by atoms with Gasteiger partial charge in [-0.1, -0.05) is 167 Å². The number of aliphatic hydroxyl groups excluding tert-OH is 1. The molecule has 1 atom stereocenters. The number of fused-ring (bicyclic) bond motifs is 2. The number of hydrogen-bond acceptors (Lipinski definition) is 9. The molecule has 9 nitrogen and oxygen atoms in total. The minimum atomic E-state index is -4.55. The van der Waals surface area contributed by atoms with Gasteiger partial charge in [0.1, 0.15) is 11.2 Å². The van der Waals surface area contributed by atoms with Crippen LogP contribution in [0.15, 0.2) is 120 Å². The highest BCUT2D eigenvalue weighted by atomic mass is 79.9. The molecule has 6 aromatic rings. The predicted molar refractivity (Wildman–Crippen MR) is 318 cm³/mol. The Kier molecular flexibility index (Phi) is 26.3. The third-order valence-electron chi connectivity index (χ3n) is 15.5. The van der Waals surface area contributed by atoms with Crippen LogP contribution >= 0.6 is 15.9 Å². The van der Waals surface area contributed by atoms with Gasteiger partial charge < -0.3 is 32.7 Å². The van der Waals surface area contributed by atoms with E-state index in [1.54, 1.807) is 24.3 Å². The Hall–Kier alpha value is -4.78. The minimum Gasteiger partial charge on any atom is -0.422 e. The van der Waals surface area contributed by atoms with E-state index in [9.17, 15) is 35.9 Å². The van der Waals surface area contributed by atoms with Crippen LogP contribution in [-0.4, -0.2) is 49.5 Å². The quantitative estimate of drug-likeness (QED) is 0.0245. The molecule has 448 valence electrons. The van der Waals surface area contributed by atoms with Crippen LogP contribution in [0.5, 0.6) is 0 Å². The van der Waals surface area contributed by atoms with E-state index in [0.29, 0.717) is 26.4 Å². The lowest BCUT2D eigenvalue weighted by molar-refractivity contribution is -0.162. The third kappa shape index (κ3) is 20.8. The monoisotopic (exact) mass is 1210 g/mol. The van der Waals surface area contributed by atoms with Crippen molar-refractivity contribution in [2.75, 3.05) is 19.8 Å². The molecule has 1 unspecified atom stereocenters. The van der Waals surface area contributed by atoms with Gasteiger partial charge in [-0.05, 0) is 127 Å². The van der Waals surface area contributed by atoms with Crippen LogP contribution < -0.4 is 11.3 Å². The lowest BCUT2D eigenvalue weighted by atomic mass is 9.82. The van der Waals surface area contributed by atoms with Crippen molar-refractivity contribution >= 4 is 45.0 Å². The van der Waals surface area contributed by atoms with Gasteiger partial charge in [-0.3, -0.25) is 0 Å². The highest BCUT2D eigenvalue weighted by molar-refractivity contribution is 9.10. The first-order valence-corrected chi connectivity index (χ1v) is 30.3. The summed E-state index contributed by atoms with van der Waals surface area (Å²) in [5.41, 5.74) is -2.44. The highest BCUT2D eigenvalue weighted by Crippen LogP contribution is 2.40. The Bertz CT molecular complexity index is 2990. The second kappa shape index (κ2) is 32.5. The average Bonchev–Trinajstić information content (AvgIpc) is 3.58. The molecule has 1 N–H and O–H groups in total. The molecule has 2 saturated heterocycles. The number of halogens is 7. The van der Waals surface area contributed by atoms with E-state index >= 15 is 0 Å². The first-order chi connectivity index (χ1) is 39.2. The van der Waals surface area contributed by atoms with Crippen molar-refractivity contribution in [1.29, 1.82) is 0 Å². The van der Waals surface area contributed by atoms with Crippen molar-refractivity contribution in [3.63, 3.8) is 0 Å². The molecule has 2 fully saturated rings. The summed E-state index contributed by atoms with van der Waals surface area (Å²) in [5.74, 6) is 0. The summed E-state index contributed by atoms with van der Waals surface area (Å²) < 4.78 is 114. The fraction of sp³-hybridized carbons (Fsp3) is 0.538. The fourth-order valence-electron chi connectivity index (χ4n) is 10.2. The van der Waals surface area contributed by atoms with E-state index in [-0.39, 0.29) is 53.5 Å². The SMILES string of the molecule is CC1(C)OB(CCCCCCCCCCCOC2CCCCO2)OC1(C)C.O=c1oc2cc(Br)ccc2cc1-c1ccccc1C(F)(F)F.O=c1oc2cc(CCCCCCCCCCCO)ccc2cc1-c1ccccc1C(F)(F)F. The van der Waals surface area contributed by atoms with Crippen molar-refractivity contribution in [2.24, 2.45) is 0 Å². The molecule has 17 heteroatoms. The molecule has 0 bridgehead atoms. The van der Waals surface area contributed by atoms with E-state index in [0.717, 1.165) is 75.8 Å². The Morgan fingerprint density at radius 3 is 1.52 bits per heavy atom. The van der Waals surface area contributed by atoms with Crippen LogP contribution in [-0.2, 0) is 37.6 Å². The summed E-state index contributed by atoms with van der Waals surface area (Å²) in [5, 5.41) is 9.92. The van der Waals surface area contributed by atoms with Gasteiger partial charge in [-0.2, -0.15) is 26.3 Å². The second-order valence-electron chi connectivity index (χ2n) is 22.5. The molecular weight excluding hydrogens is 1130 g/mol. The van der Waals surface area contributed by atoms with Crippen LogP contribution in [0.3, 0.4) is 0 Å². The fourth-order valence-corrected chi connectivity index (χ4v) is 10.5. The lowest BCUT2D eigenvalue weighted by Gasteiger charge is -2.32. The molecule has 8 rings (SSSR count). The van der Waals surface area contributed by atoms with E-state index in [2.05, 4.69) is 43.6 Å². The number of hydrogen-bond donors (Lipinski definition) is 1. The van der Waals surface area contributed by atoms with Crippen LogP contribution in [0.1, 0.15) is 179 Å². The van der Waals surface area contributed by atoms with Crippen molar-refractivity contribution < 1.29 is 59.1 Å². The van der Waals surface area contributed by atoms with Gasteiger partial charge in [-0.25, -0.2) is 9.59 Å². The summed E-state index contributed by atoms with van der Waals surface area (Å²) in [7, 11) is -0.0174. The first kappa shape index (κ1) is 66.4. The molecule has 2 aliphatic heterocycles. The zero-order chi connectivity index (χ0) is 59.2. The van der Waals surface area contributed by atoms with Crippen LogP contribution in [0, 0.1) is 0 Å². The van der Waals surface area contributed by atoms with E-state index in [1.165, 1.54) is 151 Å². The van der Waals surface area contributed by atoms with E-state index < -0.39 is 34.7 Å². The molecule has 0 spiro atoms. The maximum Gasteiger partial charge on any atom is 0.457 e. The number of alkyl halides is 6. The number of unbranched alkanes of at least 4 members (excludes halogenated alkanes) is 16. The van der Waals surface area contributed by atoms with Crippen molar-refractivity contribution in [1.82, 2.24) is 0 Å². The van der Waals surface area contributed by atoms with Gasteiger partial charge >= 0.3 is 30.7 Å². The number of aryl methyl sites for hydroxylation is 1. The molecule has 0 aliphatic carbocycles. The summed E-state index contributed by atoms with van der Waals surface area (Å²) in [4.78, 5) is 24.6. The molecular formula is C65H82BBrF6O9. The second-order valence-corrected chi connectivity index (χ2v) is 23.4. The summed E-state index contributed by atoms with van der Waals surface area (Å²) in [6.07, 6.45) is 18.3. The standard InChI is InChI=1S/C27H31F3O3.C22H43BO4.C16H8BrF3O2/c28-27(29,30)24-14-10-9-13-22(24)23-19-21-16-15-20(18-25(21)33-26(23)32)12-8-6-4-2-1-3-5-7-11-17-31;1-21(2)22(3,4)27-23(26-21)17-13-10-8-6-5-7-9-11-14-18-24-20-16-12-15-19-25-20;17-10-6-5-9-7-12(15(21)22-14(9)8-10)11-3-1-2-4-13(11)16(18,19)20/h9-10,13-16,18-19,31H,1-8,11-12,17H2;20H,5-19H2,1-4H3;1-8H. The molecule has 0 radical (unpaired) electrons. The van der Waals surface area contributed by atoms with Crippen molar-refractivity contribution in [2.45, 2.75) is 205 Å². The van der Waals surface area contributed by atoms with Gasteiger partial charge in [-0.15, -0.1) is 0 Å². The number of ether oxygens (including phenoxy) is 2. The maximum absolute atomic E-state index is 13.4. The van der Waals surface area contributed by atoms with Gasteiger partial charge in [0.05, 0.1) is 33.5 Å². The Morgan fingerprint density at radius 1 is 0.561 bits per heavy atom. The van der Waals surface area contributed by atoms with E-state index in [1.807, 2.05) is 12.1 Å². The summed E-state index contributed by atoms with van der Waals surface area (Å²) in [6, 6.07) is 23.5. The first-order valence-electron chi connectivity index (χ1n) is 29.5. The Morgan fingerprint density at radius 2 is 1.02 bits per heavy atom. The topological polar surface area (TPSA) is 118 Å². The molecule has 2 aliphatic rings. The molecule has 2 aromatic heterocycles. The van der Waals surface area contributed by atoms with Gasteiger partial charge in [0, 0.05) is 46.2 Å². The Labute approximate surface area is 488 Å². The number of benzene rings is 4. The summed E-state index contributed by atoms with van der Waals surface area (Å²) in [6.45, 7) is 10.5. The molecule has 4 aromatic carbocycles. The van der Waals surface area contributed by atoms with Crippen LogP contribution in [0.25, 0.3) is 44.2 Å². The molecule has 0 amide bonds. The van der Waals surface area contributed by atoms with Crippen LogP contribution in [0.2, 0.25) is 6.32 Å². The lowest BCUT2D eigenvalue weighted by Crippen LogP contribution is -2.41. The zero-order valence-corrected chi connectivity index (χ0v) is 49.7. The van der Waals surface area contributed by atoms with Gasteiger partial charge in [0.2, 0.25) is 0 Å². The third-order valence-corrected chi connectivity index (χ3v) is 16.0. The predicted octanol–water partition coefficient (Wildman–Crippen LogP) is 18.9. The number of aliphatic hydroxyl groups is 1. The summed E-state index contributed by atoms with van der Waals surface area (Å²) >= 11 is 3.25. The maximum atomic E-state index is 13.4. The largest absolute Gasteiger partial charge is 0.457 e. The van der Waals surface area contributed by atoms with E-state index in [4.69, 9.17) is 32.7 Å². The van der Waals surface area contributed by atoms with Crippen molar-refractivity contribution in [3.8, 4) is 22.3 Å². The smallest absolute Gasteiger partial charge is 0.422 e.